The summed E-state index contributed by atoms with van der Waals surface area (Å²) in [5.41, 5.74) is 7.05. The Morgan fingerprint density at radius 2 is 1.97 bits per heavy atom. The minimum Gasteiger partial charge on any atom is -0.383 e. The molecule has 3 aromatic rings. The Kier molecular flexibility index (Phi) is 6.19. The van der Waals surface area contributed by atoms with Gasteiger partial charge < -0.3 is 16.0 Å². The number of H-pyrrole nitrogens is 1. The molecule has 0 aliphatic carbocycles. The first-order valence-electron chi connectivity index (χ1n) is 9.87. The number of piperazine rings is 1. The van der Waals surface area contributed by atoms with E-state index < -0.39 is 5.69 Å². The maximum absolute atomic E-state index is 12.6. The van der Waals surface area contributed by atoms with Crippen molar-refractivity contribution >= 4 is 34.8 Å². The number of rotatable bonds is 6. The molecule has 2 aromatic heterocycles. The quantitative estimate of drug-likeness (QED) is 0.520. The molecule has 0 atom stereocenters. The van der Waals surface area contributed by atoms with Crippen LogP contribution in [0.1, 0.15) is 5.56 Å². The molecule has 1 amide bonds. The lowest BCUT2D eigenvalue weighted by molar-refractivity contribution is -0.117. The first-order valence-corrected chi connectivity index (χ1v) is 10.2. The number of hydrogen-bond donors (Lipinski definition) is 3. The van der Waals surface area contributed by atoms with E-state index in [1.165, 1.54) is 6.20 Å². The van der Waals surface area contributed by atoms with Crippen LogP contribution in [0.4, 0.5) is 17.3 Å². The van der Waals surface area contributed by atoms with Gasteiger partial charge >= 0.3 is 5.69 Å². The molecule has 1 aromatic carbocycles. The Hall–Kier alpha value is -3.37. The second-order valence-corrected chi connectivity index (χ2v) is 7.67. The second-order valence-electron chi connectivity index (χ2n) is 7.26. The molecule has 162 valence electrons. The van der Waals surface area contributed by atoms with Gasteiger partial charge in [0.15, 0.2) is 0 Å². The number of benzene rings is 1. The number of carbonyl (C=O) groups excluding carboxylic acids is 1. The average Bonchev–Trinajstić information content (AvgIpc) is 3.17. The van der Waals surface area contributed by atoms with E-state index in [4.69, 9.17) is 17.3 Å². The molecule has 1 saturated heterocycles. The molecule has 31 heavy (non-hydrogen) atoms. The Morgan fingerprint density at radius 3 is 2.71 bits per heavy atom. The number of nitrogens with two attached hydrogens (primary N) is 1. The van der Waals surface area contributed by atoms with Crippen LogP contribution in [0.2, 0.25) is 5.02 Å². The third kappa shape index (κ3) is 5.04. The number of aromatic amines is 1. The van der Waals surface area contributed by atoms with Crippen LogP contribution in [0.25, 0.3) is 0 Å². The molecule has 3 heterocycles. The Morgan fingerprint density at radius 1 is 1.19 bits per heavy atom. The second kappa shape index (κ2) is 9.19. The number of anilines is 3. The van der Waals surface area contributed by atoms with Crippen molar-refractivity contribution < 1.29 is 4.79 Å². The van der Waals surface area contributed by atoms with Crippen molar-refractivity contribution in [3.8, 4) is 0 Å². The van der Waals surface area contributed by atoms with E-state index in [9.17, 15) is 9.59 Å². The molecular weight excluding hydrogens is 420 g/mol. The van der Waals surface area contributed by atoms with Gasteiger partial charge in [-0.15, -0.1) is 0 Å². The van der Waals surface area contributed by atoms with E-state index in [2.05, 4.69) is 25.3 Å². The molecule has 0 bridgehead atoms. The highest BCUT2D eigenvalue weighted by atomic mass is 35.5. The highest BCUT2D eigenvalue weighted by Gasteiger charge is 2.21. The molecule has 1 aliphatic rings. The highest BCUT2D eigenvalue weighted by Crippen LogP contribution is 2.20. The maximum atomic E-state index is 12.6. The molecule has 1 fully saturated rings. The topological polar surface area (TPSA) is 125 Å². The number of aromatic nitrogens is 4. The van der Waals surface area contributed by atoms with Crippen LogP contribution in [0.15, 0.2) is 47.5 Å². The van der Waals surface area contributed by atoms with Gasteiger partial charge in [0.2, 0.25) is 5.91 Å². The van der Waals surface area contributed by atoms with Crippen molar-refractivity contribution in [2.24, 2.45) is 0 Å². The molecule has 0 radical (unpaired) electrons. The summed E-state index contributed by atoms with van der Waals surface area (Å²) in [7, 11) is 0. The van der Waals surface area contributed by atoms with Crippen LogP contribution in [-0.4, -0.2) is 63.3 Å². The molecule has 4 N–H and O–H groups in total. The van der Waals surface area contributed by atoms with Gasteiger partial charge in [-0.1, -0.05) is 29.8 Å². The molecule has 11 heteroatoms. The van der Waals surface area contributed by atoms with Gasteiger partial charge in [-0.05, 0) is 11.6 Å². The lowest BCUT2D eigenvalue weighted by Gasteiger charge is -2.35. The van der Waals surface area contributed by atoms with E-state index in [0.29, 0.717) is 55.1 Å². The van der Waals surface area contributed by atoms with E-state index in [1.807, 2.05) is 29.2 Å². The SMILES string of the molecule is Nc1[nH]c(=O)ncc1N1CCN(CC(=O)Nc2ccnn2Cc2ccccc2Cl)CC1. The summed E-state index contributed by atoms with van der Waals surface area (Å²) in [5, 5.41) is 7.88. The van der Waals surface area contributed by atoms with E-state index >= 15 is 0 Å². The largest absolute Gasteiger partial charge is 0.383 e. The Balaban J connectivity index is 1.31. The zero-order chi connectivity index (χ0) is 21.8. The standard InChI is InChI=1S/C20H23ClN8O2/c21-15-4-2-1-3-14(15)12-29-17(5-6-24-29)25-18(30)13-27-7-9-28(10-8-27)16-11-23-20(31)26-19(16)22/h1-6,11H,7-10,12-13H2,(H,25,30)(H3,22,23,26,31). The fraction of sp³-hybridized carbons (Fsp3) is 0.300. The van der Waals surface area contributed by atoms with Crippen LogP contribution in [0, 0.1) is 0 Å². The maximum Gasteiger partial charge on any atom is 0.346 e. The van der Waals surface area contributed by atoms with E-state index in [1.54, 1.807) is 16.9 Å². The first-order chi connectivity index (χ1) is 15.0. The van der Waals surface area contributed by atoms with E-state index in [0.717, 1.165) is 5.56 Å². The number of hydrogen-bond acceptors (Lipinski definition) is 7. The zero-order valence-electron chi connectivity index (χ0n) is 16.8. The van der Waals surface area contributed by atoms with Crippen molar-refractivity contribution in [1.82, 2.24) is 24.6 Å². The monoisotopic (exact) mass is 442 g/mol. The summed E-state index contributed by atoms with van der Waals surface area (Å²) < 4.78 is 1.71. The van der Waals surface area contributed by atoms with Crippen LogP contribution in [-0.2, 0) is 11.3 Å². The number of nitrogens with zero attached hydrogens (tertiary/aromatic N) is 5. The molecule has 10 nitrogen and oxygen atoms in total. The Labute approximate surface area is 183 Å². The Bertz CT molecular complexity index is 1120. The van der Waals surface area contributed by atoms with Crippen molar-refractivity contribution in [1.29, 1.82) is 0 Å². The molecule has 1 aliphatic heterocycles. The summed E-state index contributed by atoms with van der Waals surface area (Å²) in [5.74, 6) is 0.813. The van der Waals surface area contributed by atoms with Crippen LogP contribution >= 0.6 is 11.6 Å². The lowest BCUT2D eigenvalue weighted by Crippen LogP contribution is -2.49. The normalized spacial score (nSPS) is 14.5. The number of carbonyl (C=O) groups is 1. The summed E-state index contributed by atoms with van der Waals surface area (Å²) in [4.78, 5) is 34.2. The molecule has 4 rings (SSSR count). The number of nitrogens with one attached hydrogen (secondary N) is 2. The minimum absolute atomic E-state index is 0.111. The van der Waals surface area contributed by atoms with Gasteiger partial charge in [-0.2, -0.15) is 10.1 Å². The fourth-order valence-electron chi connectivity index (χ4n) is 3.54. The van der Waals surface area contributed by atoms with Crippen LogP contribution in [0.5, 0.6) is 0 Å². The number of halogens is 1. The van der Waals surface area contributed by atoms with Gasteiger partial charge in [0.25, 0.3) is 0 Å². The third-order valence-corrected chi connectivity index (χ3v) is 5.53. The molecular formula is C20H23ClN8O2. The first kappa shape index (κ1) is 20.9. The summed E-state index contributed by atoms with van der Waals surface area (Å²) in [6, 6.07) is 9.31. The highest BCUT2D eigenvalue weighted by molar-refractivity contribution is 6.31. The number of amides is 1. The predicted octanol–water partition coefficient (Wildman–Crippen LogP) is 1.01. The summed E-state index contributed by atoms with van der Waals surface area (Å²) >= 11 is 6.23. The molecule has 0 spiro atoms. The van der Waals surface area contributed by atoms with Crippen molar-refractivity contribution in [3.63, 3.8) is 0 Å². The zero-order valence-corrected chi connectivity index (χ0v) is 17.5. The average molecular weight is 443 g/mol. The van der Waals surface area contributed by atoms with E-state index in [-0.39, 0.29) is 12.5 Å². The number of nitrogen functional groups attached to an aromatic ring is 1. The third-order valence-electron chi connectivity index (χ3n) is 5.16. The molecule has 0 saturated carbocycles. The fourth-order valence-corrected chi connectivity index (χ4v) is 3.73. The van der Waals surface area contributed by atoms with Gasteiger partial charge in [-0.3, -0.25) is 14.7 Å². The van der Waals surface area contributed by atoms with Crippen LogP contribution < -0.4 is 21.6 Å². The van der Waals surface area contributed by atoms with Gasteiger partial charge in [0.05, 0.1) is 31.2 Å². The van der Waals surface area contributed by atoms with Gasteiger partial charge in [0, 0.05) is 37.3 Å². The molecule has 0 unspecified atom stereocenters. The van der Waals surface area contributed by atoms with Gasteiger partial charge in [0.1, 0.15) is 11.6 Å². The van der Waals surface area contributed by atoms with Crippen LogP contribution in [0.3, 0.4) is 0 Å². The summed E-state index contributed by atoms with van der Waals surface area (Å²) in [6.45, 7) is 3.46. The predicted molar refractivity (Wildman–Crippen MR) is 119 cm³/mol. The smallest absolute Gasteiger partial charge is 0.346 e. The van der Waals surface area contributed by atoms with Crippen molar-refractivity contribution in [2.45, 2.75) is 6.54 Å². The lowest BCUT2D eigenvalue weighted by atomic mass is 10.2. The summed E-state index contributed by atoms with van der Waals surface area (Å²) in [6.07, 6.45) is 3.13. The van der Waals surface area contributed by atoms with Crippen molar-refractivity contribution in [3.05, 3.63) is 63.8 Å². The van der Waals surface area contributed by atoms with Crippen molar-refractivity contribution in [2.75, 3.05) is 48.7 Å². The van der Waals surface area contributed by atoms with Gasteiger partial charge in [-0.25, -0.2) is 9.48 Å². The minimum atomic E-state index is -0.467.